The number of amides is 1. The molecule has 0 saturated carbocycles. The molecule has 0 unspecified atom stereocenters. The second-order valence-corrected chi connectivity index (χ2v) is 6.92. The highest BCUT2D eigenvalue weighted by Gasteiger charge is 2.26. The van der Waals surface area contributed by atoms with Gasteiger partial charge in [-0.3, -0.25) is 9.59 Å². The number of halogens is 1. The standard InChI is InChI=1S/C18H26ClNO3/c1-11(2)13(5)20-16(21)10-23-18(22)17(12(3)4)14-6-8-15(19)9-7-14/h6-9,11-13,17H,10H2,1-5H3,(H,20,21)/t13-,17+/m0/s1. The van der Waals surface area contributed by atoms with Gasteiger partial charge < -0.3 is 10.1 Å². The maximum absolute atomic E-state index is 12.4. The average Bonchev–Trinajstić information content (AvgIpc) is 2.47. The number of rotatable bonds is 7. The van der Waals surface area contributed by atoms with E-state index in [0.29, 0.717) is 10.9 Å². The van der Waals surface area contributed by atoms with Crippen LogP contribution in [0.2, 0.25) is 5.02 Å². The molecule has 23 heavy (non-hydrogen) atoms. The fourth-order valence-electron chi connectivity index (χ4n) is 2.15. The molecule has 1 N–H and O–H groups in total. The molecule has 0 spiro atoms. The van der Waals surface area contributed by atoms with Crippen molar-refractivity contribution < 1.29 is 14.3 Å². The predicted octanol–water partition coefficient (Wildman–Crippen LogP) is 3.78. The number of carbonyl (C=O) groups excluding carboxylic acids is 2. The van der Waals surface area contributed by atoms with Crippen LogP contribution in [0.25, 0.3) is 0 Å². The van der Waals surface area contributed by atoms with E-state index in [4.69, 9.17) is 16.3 Å². The summed E-state index contributed by atoms with van der Waals surface area (Å²) in [6.45, 7) is 9.60. The van der Waals surface area contributed by atoms with E-state index in [1.165, 1.54) is 0 Å². The van der Waals surface area contributed by atoms with E-state index in [2.05, 4.69) is 5.32 Å². The Hall–Kier alpha value is -1.55. The minimum atomic E-state index is -0.414. The van der Waals surface area contributed by atoms with Gasteiger partial charge in [-0.25, -0.2) is 0 Å². The van der Waals surface area contributed by atoms with Crippen molar-refractivity contribution in [2.45, 2.75) is 46.6 Å². The average molecular weight is 340 g/mol. The number of hydrogen-bond acceptors (Lipinski definition) is 3. The zero-order chi connectivity index (χ0) is 17.6. The molecule has 0 fully saturated rings. The monoisotopic (exact) mass is 339 g/mol. The Balaban J connectivity index is 2.66. The van der Waals surface area contributed by atoms with E-state index >= 15 is 0 Å². The fraction of sp³-hybridized carbons (Fsp3) is 0.556. The van der Waals surface area contributed by atoms with Crippen LogP contribution in [0.4, 0.5) is 0 Å². The Morgan fingerprint density at radius 2 is 1.61 bits per heavy atom. The molecule has 1 aromatic carbocycles. The minimum absolute atomic E-state index is 0.0402. The number of nitrogens with one attached hydrogen (secondary N) is 1. The van der Waals surface area contributed by atoms with Crippen LogP contribution < -0.4 is 5.32 Å². The van der Waals surface area contributed by atoms with Gasteiger partial charge in [0.25, 0.3) is 5.91 Å². The Bertz CT molecular complexity index is 526. The van der Waals surface area contributed by atoms with Gasteiger partial charge in [0.1, 0.15) is 0 Å². The third kappa shape index (κ3) is 6.22. The number of benzene rings is 1. The van der Waals surface area contributed by atoms with E-state index in [1.807, 2.05) is 46.8 Å². The molecule has 0 bridgehead atoms. The topological polar surface area (TPSA) is 55.4 Å². The highest BCUT2D eigenvalue weighted by molar-refractivity contribution is 6.30. The van der Waals surface area contributed by atoms with Crippen LogP contribution in [0.3, 0.4) is 0 Å². The lowest BCUT2D eigenvalue weighted by molar-refractivity contribution is -0.151. The molecule has 0 aromatic heterocycles. The molecule has 2 atom stereocenters. The molecule has 1 aromatic rings. The lowest BCUT2D eigenvalue weighted by atomic mass is 9.88. The van der Waals surface area contributed by atoms with Gasteiger partial charge in [-0.05, 0) is 36.5 Å². The summed E-state index contributed by atoms with van der Waals surface area (Å²) in [5.41, 5.74) is 0.838. The van der Waals surface area contributed by atoms with Crippen LogP contribution in [-0.2, 0) is 14.3 Å². The van der Waals surface area contributed by atoms with E-state index in [1.54, 1.807) is 12.1 Å². The van der Waals surface area contributed by atoms with Crippen molar-refractivity contribution in [3.05, 3.63) is 34.9 Å². The van der Waals surface area contributed by atoms with Gasteiger partial charge in [0.15, 0.2) is 6.61 Å². The van der Waals surface area contributed by atoms with Gasteiger partial charge >= 0.3 is 5.97 Å². The number of ether oxygens (including phenoxy) is 1. The quantitative estimate of drug-likeness (QED) is 0.769. The molecule has 4 nitrogen and oxygen atoms in total. The largest absolute Gasteiger partial charge is 0.455 e. The third-order valence-corrected chi connectivity index (χ3v) is 4.14. The van der Waals surface area contributed by atoms with Crippen molar-refractivity contribution in [2.24, 2.45) is 11.8 Å². The van der Waals surface area contributed by atoms with Crippen LogP contribution in [0.1, 0.15) is 46.1 Å². The van der Waals surface area contributed by atoms with Gasteiger partial charge in [0, 0.05) is 11.1 Å². The van der Waals surface area contributed by atoms with Crippen LogP contribution >= 0.6 is 11.6 Å². The first kappa shape index (κ1) is 19.5. The molecular weight excluding hydrogens is 314 g/mol. The summed E-state index contributed by atoms with van der Waals surface area (Å²) in [5, 5.41) is 3.43. The second-order valence-electron chi connectivity index (χ2n) is 6.48. The number of hydrogen-bond donors (Lipinski definition) is 1. The summed E-state index contributed by atoms with van der Waals surface area (Å²) < 4.78 is 5.21. The van der Waals surface area contributed by atoms with Crippen molar-refractivity contribution in [3.63, 3.8) is 0 Å². The Labute approximate surface area is 143 Å². The summed E-state index contributed by atoms with van der Waals surface area (Å²) in [5.74, 6) is -0.705. The van der Waals surface area contributed by atoms with Crippen LogP contribution in [0.15, 0.2) is 24.3 Å². The van der Waals surface area contributed by atoms with Crippen LogP contribution in [-0.4, -0.2) is 24.5 Å². The first-order valence-corrected chi connectivity index (χ1v) is 8.31. The zero-order valence-electron chi connectivity index (χ0n) is 14.4. The van der Waals surface area contributed by atoms with Crippen molar-refractivity contribution in [1.82, 2.24) is 5.32 Å². The smallest absolute Gasteiger partial charge is 0.314 e. The first-order chi connectivity index (χ1) is 10.7. The van der Waals surface area contributed by atoms with Gasteiger partial charge in [-0.1, -0.05) is 51.4 Å². The van der Waals surface area contributed by atoms with Gasteiger partial charge in [0.05, 0.1) is 5.92 Å². The molecule has 1 amide bonds. The fourth-order valence-corrected chi connectivity index (χ4v) is 2.28. The summed E-state index contributed by atoms with van der Waals surface area (Å²) in [6.07, 6.45) is 0. The third-order valence-electron chi connectivity index (χ3n) is 3.88. The molecule has 1 rings (SSSR count). The molecule has 0 aliphatic carbocycles. The lowest BCUT2D eigenvalue weighted by Crippen LogP contribution is -2.39. The summed E-state index contributed by atoms with van der Waals surface area (Å²) in [7, 11) is 0. The van der Waals surface area contributed by atoms with Gasteiger partial charge in [-0.2, -0.15) is 0 Å². The van der Waals surface area contributed by atoms with E-state index in [0.717, 1.165) is 5.56 Å². The second kappa shape index (κ2) is 8.92. The Morgan fingerprint density at radius 3 is 2.09 bits per heavy atom. The number of carbonyl (C=O) groups is 2. The van der Waals surface area contributed by atoms with E-state index in [9.17, 15) is 9.59 Å². The van der Waals surface area contributed by atoms with Crippen LogP contribution in [0, 0.1) is 11.8 Å². The molecular formula is C18H26ClNO3. The Kier molecular flexibility index (Phi) is 7.56. The van der Waals surface area contributed by atoms with Crippen LogP contribution in [0.5, 0.6) is 0 Å². The van der Waals surface area contributed by atoms with Crippen molar-refractivity contribution >= 4 is 23.5 Å². The molecule has 5 heteroatoms. The highest BCUT2D eigenvalue weighted by atomic mass is 35.5. The molecule has 0 radical (unpaired) electrons. The number of esters is 1. The maximum atomic E-state index is 12.4. The summed E-state index contributed by atoms with van der Waals surface area (Å²) >= 11 is 5.88. The molecule has 0 aliphatic rings. The van der Waals surface area contributed by atoms with Crippen molar-refractivity contribution in [2.75, 3.05) is 6.61 Å². The SMILES string of the molecule is CC(C)[C@H](C)NC(=O)COC(=O)[C@@H](c1ccc(Cl)cc1)C(C)C. The Morgan fingerprint density at radius 1 is 1.04 bits per heavy atom. The molecule has 0 saturated heterocycles. The highest BCUT2D eigenvalue weighted by Crippen LogP contribution is 2.27. The summed E-state index contributed by atoms with van der Waals surface area (Å²) in [4.78, 5) is 24.2. The normalized spacial score (nSPS) is 13.7. The first-order valence-electron chi connectivity index (χ1n) is 7.93. The maximum Gasteiger partial charge on any atom is 0.314 e. The molecule has 128 valence electrons. The predicted molar refractivity (Wildman–Crippen MR) is 92.4 cm³/mol. The minimum Gasteiger partial charge on any atom is -0.455 e. The van der Waals surface area contributed by atoms with Gasteiger partial charge in [-0.15, -0.1) is 0 Å². The van der Waals surface area contributed by atoms with E-state index < -0.39 is 11.9 Å². The lowest BCUT2D eigenvalue weighted by Gasteiger charge is -2.21. The van der Waals surface area contributed by atoms with Crippen molar-refractivity contribution in [1.29, 1.82) is 0 Å². The molecule has 0 heterocycles. The van der Waals surface area contributed by atoms with Gasteiger partial charge in [0.2, 0.25) is 0 Å². The van der Waals surface area contributed by atoms with Crippen molar-refractivity contribution in [3.8, 4) is 0 Å². The molecule has 0 aliphatic heterocycles. The zero-order valence-corrected chi connectivity index (χ0v) is 15.2. The summed E-state index contributed by atoms with van der Waals surface area (Å²) in [6, 6.07) is 7.16. The van der Waals surface area contributed by atoms with E-state index in [-0.39, 0.29) is 24.5 Å².